The molecule has 0 aliphatic rings. The first-order chi connectivity index (χ1) is 6.11. The molecule has 0 spiro atoms. The lowest BCUT2D eigenvalue weighted by molar-refractivity contribution is -0.150. The largest absolute Gasteiger partial charge is 0.479 e. The average molecular weight is 190 g/mol. The standard InChI is InChI=1S/C7H14N2O4/c1-2-5(3-8)7(12)9-13-4-6(10)11/h5H,2-4,8H2,1H3,(H,9,12)(H,10,11). The summed E-state index contributed by atoms with van der Waals surface area (Å²) in [7, 11) is 0. The number of hydrogen-bond donors (Lipinski definition) is 3. The molecule has 0 fully saturated rings. The van der Waals surface area contributed by atoms with Gasteiger partial charge in [-0.3, -0.25) is 9.63 Å². The zero-order valence-electron chi connectivity index (χ0n) is 7.45. The monoisotopic (exact) mass is 190 g/mol. The molecule has 0 aromatic heterocycles. The van der Waals surface area contributed by atoms with E-state index >= 15 is 0 Å². The first-order valence-corrected chi connectivity index (χ1v) is 3.95. The molecule has 0 aliphatic heterocycles. The molecule has 0 saturated carbocycles. The van der Waals surface area contributed by atoms with Gasteiger partial charge >= 0.3 is 5.97 Å². The van der Waals surface area contributed by atoms with Gasteiger partial charge in [0.05, 0.1) is 5.92 Å². The van der Waals surface area contributed by atoms with Crippen molar-refractivity contribution in [3.05, 3.63) is 0 Å². The second-order valence-electron chi connectivity index (χ2n) is 2.49. The molecule has 13 heavy (non-hydrogen) atoms. The van der Waals surface area contributed by atoms with Crippen LogP contribution in [0.5, 0.6) is 0 Å². The predicted octanol–water partition coefficient (Wildman–Crippen LogP) is -0.896. The summed E-state index contributed by atoms with van der Waals surface area (Å²) < 4.78 is 0. The number of hydrogen-bond acceptors (Lipinski definition) is 4. The lowest BCUT2D eigenvalue weighted by Crippen LogP contribution is -2.35. The van der Waals surface area contributed by atoms with Crippen LogP contribution in [0.25, 0.3) is 0 Å². The Kier molecular flexibility index (Phi) is 5.82. The van der Waals surface area contributed by atoms with Gasteiger partial charge in [-0.15, -0.1) is 0 Å². The molecule has 0 bridgehead atoms. The Hall–Kier alpha value is -1.14. The molecule has 76 valence electrons. The van der Waals surface area contributed by atoms with E-state index in [2.05, 4.69) is 4.84 Å². The molecule has 1 amide bonds. The molecule has 0 heterocycles. The maximum Gasteiger partial charge on any atom is 0.332 e. The van der Waals surface area contributed by atoms with E-state index in [1.54, 1.807) is 0 Å². The lowest BCUT2D eigenvalue weighted by atomic mass is 10.1. The average Bonchev–Trinajstić information content (AvgIpc) is 2.05. The molecular weight excluding hydrogens is 176 g/mol. The number of carbonyl (C=O) groups is 2. The van der Waals surface area contributed by atoms with Crippen LogP contribution in [0.2, 0.25) is 0 Å². The van der Waals surface area contributed by atoms with E-state index < -0.39 is 12.6 Å². The zero-order chi connectivity index (χ0) is 10.3. The van der Waals surface area contributed by atoms with Gasteiger partial charge < -0.3 is 10.8 Å². The Morgan fingerprint density at radius 3 is 2.62 bits per heavy atom. The fourth-order valence-electron chi connectivity index (χ4n) is 0.711. The molecule has 0 radical (unpaired) electrons. The normalized spacial score (nSPS) is 12.2. The predicted molar refractivity (Wildman–Crippen MR) is 44.6 cm³/mol. The molecule has 0 aromatic carbocycles. The van der Waals surface area contributed by atoms with E-state index in [9.17, 15) is 9.59 Å². The molecule has 6 heteroatoms. The third-order valence-electron chi connectivity index (χ3n) is 1.52. The Morgan fingerprint density at radius 1 is 1.62 bits per heavy atom. The van der Waals surface area contributed by atoms with Crippen LogP contribution in [0.4, 0.5) is 0 Å². The van der Waals surface area contributed by atoms with Gasteiger partial charge in [0, 0.05) is 6.54 Å². The SMILES string of the molecule is CCC(CN)C(=O)NOCC(=O)O. The molecule has 4 N–H and O–H groups in total. The van der Waals surface area contributed by atoms with Crippen LogP contribution >= 0.6 is 0 Å². The number of amides is 1. The number of nitrogens with two attached hydrogens (primary N) is 1. The number of carboxylic acid groups (broad SMARTS) is 1. The lowest BCUT2D eigenvalue weighted by Gasteiger charge is -2.11. The van der Waals surface area contributed by atoms with Crippen LogP contribution in [0, 0.1) is 5.92 Å². The Balaban J connectivity index is 3.66. The topological polar surface area (TPSA) is 102 Å². The van der Waals surface area contributed by atoms with Gasteiger partial charge in [-0.05, 0) is 6.42 Å². The molecule has 0 aliphatic carbocycles. The van der Waals surface area contributed by atoms with E-state index in [1.807, 2.05) is 12.4 Å². The second-order valence-corrected chi connectivity index (χ2v) is 2.49. The van der Waals surface area contributed by atoms with Crippen LogP contribution in [0.15, 0.2) is 0 Å². The third kappa shape index (κ3) is 5.15. The minimum absolute atomic E-state index is 0.221. The summed E-state index contributed by atoms with van der Waals surface area (Å²) in [5, 5.41) is 8.18. The van der Waals surface area contributed by atoms with E-state index in [1.165, 1.54) is 0 Å². The van der Waals surface area contributed by atoms with Crippen molar-refractivity contribution in [1.29, 1.82) is 0 Å². The number of nitrogens with one attached hydrogen (secondary N) is 1. The number of carboxylic acids is 1. The van der Waals surface area contributed by atoms with Crippen molar-refractivity contribution in [1.82, 2.24) is 5.48 Å². The van der Waals surface area contributed by atoms with Gasteiger partial charge in [-0.2, -0.15) is 0 Å². The second kappa shape index (κ2) is 6.38. The quantitative estimate of drug-likeness (QED) is 0.471. The van der Waals surface area contributed by atoms with Crippen LogP contribution in [-0.2, 0) is 14.4 Å². The number of aliphatic carboxylic acids is 1. The van der Waals surface area contributed by atoms with Gasteiger partial charge in [0.25, 0.3) is 0 Å². The van der Waals surface area contributed by atoms with Crippen LogP contribution in [0.1, 0.15) is 13.3 Å². The summed E-state index contributed by atoms with van der Waals surface area (Å²) in [5.41, 5.74) is 7.30. The summed E-state index contributed by atoms with van der Waals surface area (Å²) >= 11 is 0. The Labute approximate surface area is 76.0 Å². The van der Waals surface area contributed by atoms with E-state index in [0.29, 0.717) is 6.42 Å². The first-order valence-electron chi connectivity index (χ1n) is 3.95. The summed E-state index contributed by atoms with van der Waals surface area (Å²) in [5.74, 6) is -1.85. The fraction of sp³-hybridized carbons (Fsp3) is 0.714. The number of hydroxylamine groups is 1. The summed E-state index contributed by atoms with van der Waals surface area (Å²) in [6, 6.07) is 0. The third-order valence-corrected chi connectivity index (χ3v) is 1.52. The molecule has 6 nitrogen and oxygen atoms in total. The highest BCUT2D eigenvalue weighted by molar-refractivity contribution is 5.78. The van der Waals surface area contributed by atoms with Crippen LogP contribution < -0.4 is 11.2 Å². The summed E-state index contributed by atoms with van der Waals surface area (Å²) in [6.45, 7) is 1.49. The number of carbonyl (C=O) groups excluding carboxylic acids is 1. The zero-order valence-corrected chi connectivity index (χ0v) is 7.45. The van der Waals surface area contributed by atoms with Crippen LogP contribution in [-0.4, -0.2) is 30.1 Å². The highest BCUT2D eigenvalue weighted by Gasteiger charge is 2.14. The first kappa shape index (κ1) is 11.9. The van der Waals surface area contributed by atoms with Crippen molar-refractivity contribution in [3.8, 4) is 0 Å². The molecule has 0 rings (SSSR count). The molecular formula is C7H14N2O4. The fourth-order valence-corrected chi connectivity index (χ4v) is 0.711. The van der Waals surface area contributed by atoms with Gasteiger partial charge in [-0.25, -0.2) is 10.3 Å². The smallest absolute Gasteiger partial charge is 0.332 e. The molecule has 0 aromatic rings. The van der Waals surface area contributed by atoms with E-state index in [0.717, 1.165) is 0 Å². The maximum atomic E-state index is 11.1. The van der Waals surface area contributed by atoms with Gasteiger partial charge in [0.1, 0.15) is 0 Å². The van der Waals surface area contributed by atoms with Crippen LogP contribution in [0.3, 0.4) is 0 Å². The van der Waals surface area contributed by atoms with Crippen molar-refractivity contribution in [3.63, 3.8) is 0 Å². The molecule has 0 saturated heterocycles. The molecule has 1 atom stereocenters. The Bertz CT molecular complexity index is 179. The summed E-state index contributed by atoms with van der Waals surface area (Å²) in [6.07, 6.45) is 0.596. The van der Waals surface area contributed by atoms with Gasteiger partial charge in [-0.1, -0.05) is 6.92 Å². The highest BCUT2D eigenvalue weighted by atomic mass is 16.7. The van der Waals surface area contributed by atoms with Crippen molar-refractivity contribution in [2.45, 2.75) is 13.3 Å². The van der Waals surface area contributed by atoms with Gasteiger partial charge in [0.2, 0.25) is 5.91 Å². The van der Waals surface area contributed by atoms with Crippen molar-refractivity contribution < 1.29 is 19.5 Å². The highest BCUT2D eigenvalue weighted by Crippen LogP contribution is 1.98. The Morgan fingerprint density at radius 2 is 2.23 bits per heavy atom. The van der Waals surface area contributed by atoms with E-state index in [-0.39, 0.29) is 18.4 Å². The van der Waals surface area contributed by atoms with E-state index in [4.69, 9.17) is 10.8 Å². The van der Waals surface area contributed by atoms with Crippen molar-refractivity contribution >= 4 is 11.9 Å². The minimum Gasteiger partial charge on any atom is -0.479 e. The maximum absolute atomic E-state index is 11.1. The minimum atomic E-state index is -1.14. The summed E-state index contributed by atoms with van der Waals surface area (Å²) in [4.78, 5) is 25.5. The number of rotatable bonds is 6. The molecule has 1 unspecified atom stereocenters. The van der Waals surface area contributed by atoms with Gasteiger partial charge in [0.15, 0.2) is 6.61 Å². The van der Waals surface area contributed by atoms with Crippen molar-refractivity contribution in [2.24, 2.45) is 11.7 Å². The van der Waals surface area contributed by atoms with Crippen molar-refractivity contribution in [2.75, 3.05) is 13.2 Å².